The molecule has 90 valence electrons. The van der Waals surface area contributed by atoms with Gasteiger partial charge in [-0.05, 0) is 18.9 Å². The zero-order valence-corrected chi connectivity index (χ0v) is 10.3. The molecule has 0 saturated carbocycles. The second kappa shape index (κ2) is 7.09. The molecule has 0 fully saturated rings. The van der Waals surface area contributed by atoms with Crippen LogP contribution in [0.15, 0.2) is 12.3 Å². The molecule has 0 saturated heterocycles. The van der Waals surface area contributed by atoms with E-state index < -0.39 is 0 Å². The number of ether oxygens (including phenoxy) is 1. The quantitative estimate of drug-likeness (QED) is 0.720. The Labute approximate surface area is 98.0 Å². The van der Waals surface area contributed by atoms with Gasteiger partial charge in [-0.3, -0.25) is 0 Å². The van der Waals surface area contributed by atoms with E-state index in [-0.39, 0.29) is 0 Å². The van der Waals surface area contributed by atoms with Gasteiger partial charge >= 0.3 is 0 Å². The van der Waals surface area contributed by atoms with E-state index in [9.17, 15) is 0 Å². The van der Waals surface area contributed by atoms with E-state index in [1.807, 2.05) is 6.92 Å². The lowest BCUT2D eigenvalue weighted by molar-refractivity contribution is 0.293. The maximum Gasteiger partial charge on any atom is 0.215 e. The van der Waals surface area contributed by atoms with Crippen LogP contribution in [0.1, 0.15) is 44.6 Å². The largest absolute Gasteiger partial charge is 0.478 e. The van der Waals surface area contributed by atoms with E-state index in [1.165, 1.54) is 25.7 Å². The minimum atomic E-state index is 0.638. The summed E-state index contributed by atoms with van der Waals surface area (Å²) in [5.41, 5.74) is 7.51. The van der Waals surface area contributed by atoms with Crippen LogP contribution in [0.3, 0.4) is 0 Å². The molecule has 16 heavy (non-hydrogen) atoms. The lowest BCUT2D eigenvalue weighted by Crippen LogP contribution is -2.00. The third-order valence-electron chi connectivity index (χ3n) is 2.62. The van der Waals surface area contributed by atoms with Gasteiger partial charge in [0.1, 0.15) is 0 Å². The maximum atomic E-state index is 5.77. The number of anilines is 1. The zero-order valence-electron chi connectivity index (χ0n) is 10.3. The van der Waals surface area contributed by atoms with Gasteiger partial charge in [0.15, 0.2) is 0 Å². The van der Waals surface area contributed by atoms with Crippen molar-refractivity contribution in [1.29, 1.82) is 0 Å². The van der Waals surface area contributed by atoms with Gasteiger partial charge in [0.2, 0.25) is 5.88 Å². The van der Waals surface area contributed by atoms with Gasteiger partial charge in [-0.25, -0.2) is 4.98 Å². The summed E-state index contributed by atoms with van der Waals surface area (Å²) in [5, 5.41) is 0. The summed E-state index contributed by atoms with van der Waals surface area (Å²) in [6.45, 7) is 4.89. The number of nitrogens with zero attached hydrogens (tertiary/aromatic N) is 1. The third kappa shape index (κ3) is 4.51. The number of pyridine rings is 1. The van der Waals surface area contributed by atoms with Crippen LogP contribution in [-0.4, -0.2) is 11.6 Å². The lowest BCUT2D eigenvalue weighted by atomic mass is 10.2. The van der Waals surface area contributed by atoms with Crippen LogP contribution < -0.4 is 10.5 Å². The first-order valence-electron chi connectivity index (χ1n) is 6.09. The highest BCUT2D eigenvalue weighted by atomic mass is 16.5. The summed E-state index contributed by atoms with van der Waals surface area (Å²) < 4.78 is 5.53. The molecular formula is C13H22N2O. The molecule has 1 rings (SSSR count). The van der Waals surface area contributed by atoms with E-state index in [4.69, 9.17) is 10.5 Å². The van der Waals surface area contributed by atoms with Crippen LogP contribution in [0.5, 0.6) is 5.88 Å². The van der Waals surface area contributed by atoms with E-state index in [2.05, 4.69) is 11.9 Å². The van der Waals surface area contributed by atoms with Gasteiger partial charge in [-0.1, -0.05) is 32.6 Å². The van der Waals surface area contributed by atoms with Gasteiger partial charge in [0, 0.05) is 18.0 Å². The van der Waals surface area contributed by atoms with Crippen molar-refractivity contribution in [3.05, 3.63) is 17.8 Å². The molecule has 0 aliphatic carbocycles. The number of nitrogens with two attached hydrogens (primary N) is 1. The van der Waals surface area contributed by atoms with Crippen LogP contribution in [0.25, 0.3) is 0 Å². The van der Waals surface area contributed by atoms with Crippen molar-refractivity contribution in [2.24, 2.45) is 0 Å². The van der Waals surface area contributed by atoms with Gasteiger partial charge in [0.25, 0.3) is 0 Å². The molecule has 0 radical (unpaired) electrons. The molecule has 0 amide bonds. The van der Waals surface area contributed by atoms with Crippen LogP contribution >= 0.6 is 0 Å². The highest BCUT2D eigenvalue weighted by Gasteiger charge is 1.99. The van der Waals surface area contributed by atoms with Crippen LogP contribution in [-0.2, 0) is 0 Å². The van der Waals surface area contributed by atoms with Crippen molar-refractivity contribution in [3.63, 3.8) is 0 Å². The average molecular weight is 222 g/mol. The summed E-state index contributed by atoms with van der Waals surface area (Å²) in [6, 6.07) is 1.79. The van der Waals surface area contributed by atoms with Crippen molar-refractivity contribution >= 4 is 5.69 Å². The second-order valence-corrected chi connectivity index (χ2v) is 4.14. The van der Waals surface area contributed by atoms with Crippen molar-refractivity contribution in [2.45, 2.75) is 46.0 Å². The Morgan fingerprint density at radius 3 is 2.69 bits per heavy atom. The number of nitrogen functional groups attached to an aromatic ring is 1. The van der Waals surface area contributed by atoms with Gasteiger partial charge in [-0.2, -0.15) is 0 Å². The molecular weight excluding hydrogens is 200 g/mol. The first-order chi connectivity index (χ1) is 7.74. The molecule has 3 nitrogen and oxygen atoms in total. The summed E-state index contributed by atoms with van der Waals surface area (Å²) in [5.74, 6) is 0.638. The van der Waals surface area contributed by atoms with Crippen molar-refractivity contribution in [2.75, 3.05) is 12.3 Å². The Hall–Kier alpha value is -1.25. The molecule has 0 atom stereocenters. The van der Waals surface area contributed by atoms with E-state index >= 15 is 0 Å². The fraction of sp³-hybridized carbons (Fsp3) is 0.615. The third-order valence-corrected chi connectivity index (χ3v) is 2.62. The highest BCUT2D eigenvalue weighted by molar-refractivity contribution is 5.46. The lowest BCUT2D eigenvalue weighted by Gasteiger charge is -2.06. The molecule has 0 spiro atoms. The topological polar surface area (TPSA) is 48.1 Å². The molecule has 0 aliphatic rings. The minimum absolute atomic E-state index is 0.638. The monoisotopic (exact) mass is 222 g/mol. The number of hydrogen-bond acceptors (Lipinski definition) is 3. The molecule has 0 aromatic carbocycles. The summed E-state index contributed by atoms with van der Waals surface area (Å²) in [6.07, 6.45) is 7.96. The minimum Gasteiger partial charge on any atom is -0.478 e. The average Bonchev–Trinajstić information content (AvgIpc) is 2.28. The molecule has 1 heterocycles. The Balaban J connectivity index is 2.19. The molecule has 0 bridgehead atoms. The number of hydrogen-bond donors (Lipinski definition) is 1. The number of unbranched alkanes of at least 4 members (excludes halogenated alkanes) is 4. The number of aromatic nitrogens is 1. The molecule has 1 aromatic heterocycles. The van der Waals surface area contributed by atoms with Crippen LogP contribution in [0, 0.1) is 6.92 Å². The van der Waals surface area contributed by atoms with Crippen molar-refractivity contribution in [1.82, 2.24) is 4.98 Å². The smallest absolute Gasteiger partial charge is 0.215 e. The summed E-state index contributed by atoms with van der Waals surface area (Å²) >= 11 is 0. The summed E-state index contributed by atoms with van der Waals surface area (Å²) in [4.78, 5) is 4.17. The number of aryl methyl sites for hydroxylation is 1. The zero-order chi connectivity index (χ0) is 11.8. The molecule has 1 aromatic rings. The molecule has 3 heteroatoms. The first kappa shape index (κ1) is 12.8. The van der Waals surface area contributed by atoms with Gasteiger partial charge < -0.3 is 10.5 Å². The SMILES string of the molecule is CCCCCCCOc1cc(N)c(C)cn1. The Kier molecular flexibility index (Phi) is 5.68. The van der Waals surface area contributed by atoms with E-state index in [0.29, 0.717) is 5.88 Å². The molecule has 2 N–H and O–H groups in total. The summed E-state index contributed by atoms with van der Waals surface area (Å²) in [7, 11) is 0. The highest BCUT2D eigenvalue weighted by Crippen LogP contribution is 2.15. The molecule has 0 unspecified atom stereocenters. The Morgan fingerprint density at radius 1 is 1.25 bits per heavy atom. The Bertz CT molecular complexity index is 313. The van der Waals surface area contributed by atoms with Crippen molar-refractivity contribution < 1.29 is 4.74 Å². The standard InChI is InChI=1S/C13H22N2O/c1-3-4-5-6-7-8-16-13-9-12(14)11(2)10-15-13/h9-10H,3-8H2,1-2H3,(H2,14,15). The van der Waals surface area contributed by atoms with Gasteiger partial charge in [-0.15, -0.1) is 0 Å². The molecule has 0 aliphatic heterocycles. The normalized spacial score (nSPS) is 10.4. The van der Waals surface area contributed by atoms with Gasteiger partial charge in [0.05, 0.1) is 6.61 Å². The number of rotatable bonds is 7. The predicted octanol–water partition coefficient (Wildman–Crippen LogP) is 3.32. The fourth-order valence-electron chi connectivity index (χ4n) is 1.48. The van der Waals surface area contributed by atoms with Crippen LogP contribution in [0.2, 0.25) is 0 Å². The maximum absolute atomic E-state index is 5.77. The van der Waals surface area contributed by atoms with Crippen molar-refractivity contribution in [3.8, 4) is 5.88 Å². The first-order valence-corrected chi connectivity index (χ1v) is 6.09. The second-order valence-electron chi connectivity index (χ2n) is 4.14. The van der Waals surface area contributed by atoms with E-state index in [0.717, 1.165) is 24.3 Å². The predicted molar refractivity (Wildman–Crippen MR) is 67.6 cm³/mol. The fourth-order valence-corrected chi connectivity index (χ4v) is 1.48. The van der Waals surface area contributed by atoms with Crippen LogP contribution in [0.4, 0.5) is 5.69 Å². The van der Waals surface area contributed by atoms with E-state index in [1.54, 1.807) is 12.3 Å². The Morgan fingerprint density at radius 2 is 2.00 bits per heavy atom.